The molecule has 134 valence electrons. The molecule has 25 heavy (non-hydrogen) atoms. The third-order valence-corrected chi connectivity index (χ3v) is 5.07. The van der Waals surface area contributed by atoms with Crippen molar-refractivity contribution in [3.63, 3.8) is 0 Å². The maximum atomic E-state index is 12.9. The van der Waals surface area contributed by atoms with Gasteiger partial charge in [0.2, 0.25) is 0 Å². The third kappa shape index (κ3) is 3.98. The number of hydrogen-bond acceptors (Lipinski definition) is 6. The first-order chi connectivity index (χ1) is 12.1. The number of piperidine rings is 1. The van der Waals surface area contributed by atoms with Crippen molar-refractivity contribution in [2.45, 2.75) is 25.3 Å². The SMILES string of the molecule is CNC(=O)OCC1CCCCN1C(=O)c1csc(-c2cnn(C)c2)n1. The Kier molecular flexibility index (Phi) is 5.32. The quantitative estimate of drug-likeness (QED) is 0.896. The minimum atomic E-state index is -0.481. The Morgan fingerprint density at radius 2 is 2.28 bits per heavy atom. The Balaban J connectivity index is 1.71. The fourth-order valence-electron chi connectivity index (χ4n) is 2.87. The summed E-state index contributed by atoms with van der Waals surface area (Å²) in [5, 5.41) is 9.10. The van der Waals surface area contributed by atoms with Crippen molar-refractivity contribution in [2.75, 3.05) is 20.2 Å². The molecule has 1 atom stereocenters. The van der Waals surface area contributed by atoms with Crippen molar-refractivity contribution in [3.05, 3.63) is 23.5 Å². The zero-order valence-corrected chi connectivity index (χ0v) is 15.1. The summed E-state index contributed by atoms with van der Waals surface area (Å²) < 4.78 is 6.85. The van der Waals surface area contributed by atoms with Gasteiger partial charge in [-0.05, 0) is 19.3 Å². The Labute approximate surface area is 149 Å². The number of hydrogen-bond donors (Lipinski definition) is 1. The number of nitrogens with zero attached hydrogens (tertiary/aromatic N) is 4. The minimum Gasteiger partial charge on any atom is -0.447 e. The fourth-order valence-corrected chi connectivity index (χ4v) is 3.64. The van der Waals surface area contributed by atoms with E-state index in [1.165, 1.54) is 18.4 Å². The molecule has 1 unspecified atom stereocenters. The minimum absolute atomic E-state index is 0.109. The van der Waals surface area contributed by atoms with Gasteiger partial charge in [-0.2, -0.15) is 5.10 Å². The lowest BCUT2D eigenvalue weighted by Crippen LogP contribution is -2.46. The Hall–Kier alpha value is -2.42. The van der Waals surface area contributed by atoms with E-state index in [1.807, 2.05) is 13.2 Å². The number of nitrogens with one attached hydrogen (secondary N) is 1. The Morgan fingerprint density at radius 3 is 3.00 bits per heavy atom. The van der Waals surface area contributed by atoms with Crippen LogP contribution in [-0.2, 0) is 11.8 Å². The standard InChI is InChI=1S/C16H21N5O3S/c1-17-16(23)24-9-12-5-3-4-6-21(12)15(22)13-10-25-14(19-13)11-7-18-20(2)8-11/h7-8,10,12H,3-6,9H2,1-2H3,(H,17,23). The van der Waals surface area contributed by atoms with Crippen molar-refractivity contribution >= 4 is 23.3 Å². The van der Waals surface area contributed by atoms with E-state index >= 15 is 0 Å². The van der Waals surface area contributed by atoms with E-state index in [2.05, 4.69) is 15.4 Å². The average molecular weight is 363 g/mol. The molecule has 0 aliphatic carbocycles. The van der Waals surface area contributed by atoms with Crippen molar-refractivity contribution in [2.24, 2.45) is 7.05 Å². The second-order valence-corrected chi connectivity index (χ2v) is 6.80. The van der Waals surface area contributed by atoms with Gasteiger partial charge in [-0.15, -0.1) is 11.3 Å². The summed E-state index contributed by atoms with van der Waals surface area (Å²) in [6.45, 7) is 0.853. The first kappa shape index (κ1) is 17.4. The second kappa shape index (κ2) is 7.64. The van der Waals surface area contributed by atoms with Crippen LogP contribution < -0.4 is 5.32 Å². The summed E-state index contributed by atoms with van der Waals surface area (Å²) in [6.07, 6.45) is 5.90. The number of carbonyl (C=O) groups is 2. The number of amides is 2. The van der Waals surface area contributed by atoms with Crippen molar-refractivity contribution < 1.29 is 14.3 Å². The van der Waals surface area contributed by atoms with Crippen molar-refractivity contribution in [1.29, 1.82) is 0 Å². The molecule has 0 bridgehead atoms. The zero-order valence-electron chi connectivity index (χ0n) is 14.3. The molecule has 2 amide bonds. The topological polar surface area (TPSA) is 89.4 Å². The molecule has 0 saturated carbocycles. The average Bonchev–Trinajstić information content (AvgIpc) is 3.28. The van der Waals surface area contributed by atoms with Crippen LogP contribution in [0.5, 0.6) is 0 Å². The molecule has 3 heterocycles. The summed E-state index contributed by atoms with van der Waals surface area (Å²) in [5.74, 6) is -0.114. The highest BCUT2D eigenvalue weighted by Gasteiger charge is 2.30. The summed E-state index contributed by atoms with van der Waals surface area (Å²) >= 11 is 1.42. The van der Waals surface area contributed by atoms with Gasteiger partial charge in [0.05, 0.1) is 12.2 Å². The molecule has 1 fully saturated rings. The lowest BCUT2D eigenvalue weighted by atomic mass is 10.0. The maximum absolute atomic E-state index is 12.9. The van der Waals surface area contributed by atoms with E-state index < -0.39 is 6.09 Å². The fraction of sp³-hybridized carbons (Fsp3) is 0.500. The van der Waals surface area contributed by atoms with Crippen molar-refractivity contribution in [1.82, 2.24) is 25.0 Å². The van der Waals surface area contributed by atoms with Gasteiger partial charge >= 0.3 is 6.09 Å². The number of ether oxygens (including phenoxy) is 1. The lowest BCUT2D eigenvalue weighted by Gasteiger charge is -2.34. The molecule has 0 spiro atoms. The molecule has 1 saturated heterocycles. The van der Waals surface area contributed by atoms with Gasteiger partial charge in [0.15, 0.2) is 0 Å². The van der Waals surface area contributed by atoms with E-state index in [0.29, 0.717) is 12.2 Å². The molecule has 1 aliphatic rings. The normalized spacial score (nSPS) is 17.4. The number of aromatic nitrogens is 3. The van der Waals surface area contributed by atoms with Gasteiger partial charge in [0, 0.05) is 37.8 Å². The van der Waals surface area contributed by atoms with E-state index in [9.17, 15) is 9.59 Å². The second-order valence-electron chi connectivity index (χ2n) is 5.94. The first-order valence-electron chi connectivity index (χ1n) is 8.18. The van der Waals surface area contributed by atoms with Gasteiger partial charge in [-0.1, -0.05) is 0 Å². The van der Waals surface area contributed by atoms with Crippen LogP contribution in [0, 0.1) is 0 Å². The van der Waals surface area contributed by atoms with Crippen LogP contribution in [0.3, 0.4) is 0 Å². The molecule has 1 N–H and O–H groups in total. The number of aryl methyl sites for hydroxylation is 1. The van der Waals surface area contributed by atoms with E-state index in [-0.39, 0.29) is 18.6 Å². The molecule has 1 aliphatic heterocycles. The van der Waals surface area contributed by atoms with Crippen LogP contribution in [0.2, 0.25) is 0 Å². The number of rotatable bonds is 4. The van der Waals surface area contributed by atoms with Crippen LogP contribution in [0.4, 0.5) is 4.79 Å². The Bertz CT molecular complexity index is 757. The third-order valence-electron chi connectivity index (χ3n) is 4.17. The number of likely N-dealkylation sites (tertiary alicyclic amines) is 1. The van der Waals surface area contributed by atoms with Crippen LogP contribution in [0.25, 0.3) is 10.6 Å². The number of thiazole rings is 1. The van der Waals surface area contributed by atoms with E-state index in [0.717, 1.165) is 29.8 Å². The predicted molar refractivity (Wildman–Crippen MR) is 93.4 cm³/mol. The van der Waals surface area contributed by atoms with Gasteiger partial charge < -0.3 is 15.0 Å². The Morgan fingerprint density at radius 1 is 1.44 bits per heavy atom. The number of alkyl carbamates (subject to hydrolysis) is 1. The largest absolute Gasteiger partial charge is 0.447 e. The van der Waals surface area contributed by atoms with Crippen LogP contribution in [0.15, 0.2) is 17.8 Å². The summed E-state index contributed by atoms with van der Waals surface area (Å²) in [6, 6.07) is -0.109. The highest BCUT2D eigenvalue weighted by Crippen LogP contribution is 2.25. The van der Waals surface area contributed by atoms with E-state index in [4.69, 9.17) is 4.74 Å². The summed E-state index contributed by atoms with van der Waals surface area (Å²) in [5.41, 5.74) is 1.32. The molecule has 2 aromatic rings. The number of carbonyl (C=O) groups excluding carboxylic acids is 2. The molecular formula is C16H21N5O3S. The van der Waals surface area contributed by atoms with Gasteiger partial charge in [-0.25, -0.2) is 9.78 Å². The molecule has 3 rings (SSSR count). The zero-order chi connectivity index (χ0) is 17.8. The molecular weight excluding hydrogens is 342 g/mol. The molecule has 0 radical (unpaired) electrons. The van der Waals surface area contributed by atoms with Crippen molar-refractivity contribution in [3.8, 4) is 10.6 Å². The van der Waals surface area contributed by atoms with Crippen LogP contribution >= 0.6 is 11.3 Å². The molecule has 0 aromatic carbocycles. The maximum Gasteiger partial charge on any atom is 0.406 e. The summed E-state index contributed by atoms with van der Waals surface area (Å²) in [7, 11) is 3.36. The van der Waals surface area contributed by atoms with E-state index in [1.54, 1.807) is 21.2 Å². The predicted octanol–water partition coefficient (Wildman–Crippen LogP) is 1.89. The van der Waals surface area contributed by atoms with Crippen LogP contribution in [-0.4, -0.2) is 57.9 Å². The summed E-state index contributed by atoms with van der Waals surface area (Å²) in [4.78, 5) is 30.4. The molecule has 9 heteroatoms. The smallest absolute Gasteiger partial charge is 0.406 e. The van der Waals surface area contributed by atoms with Gasteiger partial charge in [0.1, 0.15) is 17.3 Å². The monoisotopic (exact) mass is 363 g/mol. The highest BCUT2D eigenvalue weighted by atomic mass is 32.1. The first-order valence-corrected chi connectivity index (χ1v) is 9.06. The van der Waals surface area contributed by atoms with Gasteiger partial charge in [-0.3, -0.25) is 9.48 Å². The molecule has 2 aromatic heterocycles. The lowest BCUT2D eigenvalue weighted by molar-refractivity contribution is 0.0447. The van der Waals surface area contributed by atoms with Crippen LogP contribution in [0.1, 0.15) is 29.8 Å². The van der Waals surface area contributed by atoms with Gasteiger partial charge in [0.25, 0.3) is 5.91 Å². The molecule has 8 nitrogen and oxygen atoms in total. The highest BCUT2D eigenvalue weighted by molar-refractivity contribution is 7.13.